The minimum Gasteiger partial charge on any atom is -0.334 e. The van der Waals surface area contributed by atoms with Crippen LogP contribution in [0, 0.1) is 6.92 Å². The number of carbonyl (C=O) groups excluding carboxylic acids is 1. The third-order valence-corrected chi connectivity index (χ3v) is 3.59. The van der Waals surface area contributed by atoms with Gasteiger partial charge in [-0.25, -0.2) is 4.98 Å². The summed E-state index contributed by atoms with van der Waals surface area (Å²) in [5, 5.41) is 0.619. The third-order valence-electron chi connectivity index (χ3n) is 2.98. The highest BCUT2D eigenvalue weighted by Crippen LogP contribution is 2.31. The van der Waals surface area contributed by atoms with Gasteiger partial charge in [0.05, 0.1) is 12.2 Å². The van der Waals surface area contributed by atoms with E-state index in [9.17, 15) is 4.79 Å². The standard InChI is InChI=1S/C12H9BrClN3O/c1-6-2-3-7(14)4-9(6)17-5-8-10(11(17)18)16-12(13)15-8/h2-4H,5H2,1H3,(H,15,16). The highest BCUT2D eigenvalue weighted by molar-refractivity contribution is 9.10. The van der Waals surface area contributed by atoms with E-state index >= 15 is 0 Å². The molecule has 0 aliphatic carbocycles. The molecule has 0 spiro atoms. The highest BCUT2D eigenvalue weighted by Gasteiger charge is 2.32. The van der Waals surface area contributed by atoms with E-state index in [1.165, 1.54) is 0 Å². The second-order valence-electron chi connectivity index (χ2n) is 4.18. The maximum atomic E-state index is 12.3. The number of benzene rings is 1. The van der Waals surface area contributed by atoms with Crippen LogP contribution in [0.25, 0.3) is 0 Å². The summed E-state index contributed by atoms with van der Waals surface area (Å²) in [6, 6.07) is 5.52. The van der Waals surface area contributed by atoms with Gasteiger partial charge in [-0.05, 0) is 40.5 Å². The number of halogens is 2. The number of nitrogens with one attached hydrogen (secondary N) is 1. The molecule has 1 aromatic carbocycles. The number of imidazole rings is 1. The second kappa shape index (κ2) is 4.10. The van der Waals surface area contributed by atoms with Crippen molar-refractivity contribution in [2.24, 2.45) is 0 Å². The first-order valence-electron chi connectivity index (χ1n) is 5.38. The van der Waals surface area contributed by atoms with Gasteiger partial charge in [0, 0.05) is 10.7 Å². The van der Waals surface area contributed by atoms with Gasteiger partial charge in [0.15, 0.2) is 10.4 Å². The maximum absolute atomic E-state index is 12.3. The molecule has 0 radical (unpaired) electrons. The van der Waals surface area contributed by atoms with Gasteiger partial charge in [-0.2, -0.15) is 0 Å². The maximum Gasteiger partial charge on any atom is 0.279 e. The van der Waals surface area contributed by atoms with Crippen LogP contribution in [0.3, 0.4) is 0 Å². The smallest absolute Gasteiger partial charge is 0.279 e. The molecular weight excluding hydrogens is 318 g/mol. The molecule has 2 heterocycles. The van der Waals surface area contributed by atoms with Crippen molar-refractivity contribution in [3.05, 3.63) is 44.9 Å². The van der Waals surface area contributed by atoms with Crippen molar-refractivity contribution in [2.75, 3.05) is 4.90 Å². The molecule has 1 amide bonds. The average molecular weight is 327 g/mol. The number of carbonyl (C=O) groups is 1. The summed E-state index contributed by atoms with van der Waals surface area (Å²) < 4.78 is 0.586. The summed E-state index contributed by atoms with van der Waals surface area (Å²) in [4.78, 5) is 21.1. The lowest BCUT2D eigenvalue weighted by atomic mass is 10.2. The van der Waals surface area contributed by atoms with Crippen LogP contribution in [-0.4, -0.2) is 15.9 Å². The number of anilines is 1. The summed E-state index contributed by atoms with van der Waals surface area (Å²) in [5.41, 5.74) is 3.14. The Labute approximate surface area is 117 Å². The predicted molar refractivity (Wildman–Crippen MR) is 73.0 cm³/mol. The number of aryl methyl sites for hydroxylation is 1. The lowest BCUT2D eigenvalue weighted by Gasteiger charge is -2.18. The Morgan fingerprint density at radius 1 is 1.50 bits per heavy atom. The van der Waals surface area contributed by atoms with Gasteiger partial charge in [0.1, 0.15) is 0 Å². The highest BCUT2D eigenvalue weighted by atomic mass is 79.9. The third kappa shape index (κ3) is 1.74. The van der Waals surface area contributed by atoms with Gasteiger partial charge >= 0.3 is 0 Å². The molecule has 1 aromatic heterocycles. The predicted octanol–water partition coefficient (Wildman–Crippen LogP) is 3.29. The Bertz CT molecular complexity index is 653. The molecule has 0 saturated heterocycles. The Balaban J connectivity index is 2.03. The van der Waals surface area contributed by atoms with Gasteiger partial charge in [-0.1, -0.05) is 17.7 Å². The largest absolute Gasteiger partial charge is 0.334 e. The van der Waals surface area contributed by atoms with Gasteiger partial charge in [0.25, 0.3) is 5.91 Å². The summed E-state index contributed by atoms with van der Waals surface area (Å²) in [6.45, 7) is 2.45. The summed E-state index contributed by atoms with van der Waals surface area (Å²) in [6.07, 6.45) is 0. The van der Waals surface area contributed by atoms with Crippen LogP contribution in [0.1, 0.15) is 21.7 Å². The molecule has 1 aliphatic rings. The van der Waals surface area contributed by atoms with Crippen molar-refractivity contribution >= 4 is 39.1 Å². The van der Waals surface area contributed by atoms with E-state index in [1.807, 2.05) is 19.1 Å². The SMILES string of the molecule is Cc1ccc(Cl)cc1N1Cc2[nH]c(Br)nc2C1=O. The molecule has 92 valence electrons. The fourth-order valence-electron chi connectivity index (χ4n) is 2.09. The van der Waals surface area contributed by atoms with Crippen LogP contribution in [0.2, 0.25) is 5.02 Å². The van der Waals surface area contributed by atoms with Crippen molar-refractivity contribution in [3.8, 4) is 0 Å². The molecule has 1 N–H and O–H groups in total. The van der Waals surface area contributed by atoms with Gasteiger partial charge < -0.3 is 9.88 Å². The van der Waals surface area contributed by atoms with Crippen molar-refractivity contribution < 1.29 is 4.79 Å². The van der Waals surface area contributed by atoms with E-state index in [0.717, 1.165) is 16.9 Å². The van der Waals surface area contributed by atoms with Crippen LogP contribution < -0.4 is 4.90 Å². The molecular formula is C12H9BrClN3O. The number of aromatic nitrogens is 2. The van der Waals surface area contributed by atoms with E-state index < -0.39 is 0 Å². The molecule has 0 bridgehead atoms. The first-order valence-corrected chi connectivity index (χ1v) is 6.56. The first kappa shape index (κ1) is 11.7. The Hall–Kier alpha value is -1.33. The van der Waals surface area contributed by atoms with E-state index in [4.69, 9.17) is 11.6 Å². The Kier molecular flexibility index (Phi) is 2.68. The minimum absolute atomic E-state index is 0.0997. The number of H-pyrrole nitrogens is 1. The van der Waals surface area contributed by atoms with E-state index in [1.54, 1.807) is 11.0 Å². The number of hydrogen-bond donors (Lipinski definition) is 1. The molecule has 0 unspecified atom stereocenters. The van der Waals surface area contributed by atoms with Gasteiger partial charge in [0.2, 0.25) is 0 Å². The number of hydrogen-bond acceptors (Lipinski definition) is 2. The number of nitrogens with zero attached hydrogens (tertiary/aromatic N) is 2. The molecule has 3 rings (SSSR count). The molecule has 18 heavy (non-hydrogen) atoms. The fourth-order valence-corrected chi connectivity index (χ4v) is 2.68. The number of aromatic amines is 1. The normalized spacial score (nSPS) is 14.2. The van der Waals surface area contributed by atoms with Gasteiger partial charge in [-0.3, -0.25) is 4.79 Å². The van der Waals surface area contributed by atoms with E-state index in [2.05, 4.69) is 25.9 Å². The van der Waals surface area contributed by atoms with Crippen molar-refractivity contribution in [1.29, 1.82) is 0 Å². The van der Waals surface area contributed by atoms with Crippen LogP contribution in [0.15, 0.2) is 22.9 Å². The van der Waals surface area contributed by atoms with Gasteiger partial charge in [-0.15, -0.1) is 0 Å². The topological polar surface area (TPSA) is 49.0 Å². The van der Waals surface area contributed by atoms with Crippen LogP contribution in [0.5, 0.6) is 0 Å². The summed E-state index contributed by atoms with van der Waals surface area (Å²) in [5.74, 6) is -0.0997. The summed E-state index contributed by atoms with van der Waals surface area (Å²) in [7, 11) is 0. The molecule has 0 atom stereocenters. The lowest BCUT2D eigenvalue weighted by molar-refractivity contribution is 0.0992. The van der Waals surface area contributed by atoms with Crippen molar-refractivity contribution in [2.45, 2.75) is 13.5 Å². The van der Waals surface area contributed by atoms with E-state index in [0.29, 0.717) is 22.0 Å². The summed E-state index contributed by atoms with van der Waals surface area (Å²) >= 11 is 9.21. The second-order valence-corrected chi connectivity index (χ2v) is 5.36. The zero-order valence-corrected chi connectivity index (χ0v) is 11.8. The van der Waals surface area contributed by atoms with Crippen LogP contribution in [-0.2, 0) is 6.54 Å². The molecule has 4 nitrogen and oxygen atoms in total. The molecule has 1 aliphatic heterocycles. The van der Waals surface area contributed by atoms with Crippen LogP contribution in [0.4, 0.5) is 5.69 Å². The lowest BCUT2D eigenvalue weighted by Crippen LogP contribution is -2.24. The monoisotopic (exact) mass is 325 g/mol. The zero-order valence-electron chi connectivity index (χ0n) is 9.50. The molecule has 2 aromatic rings. The number of fused-ring (bicyclic) bond motifs is 1. The minimum atomic E-state index is -0.0997. The molecule has 0 fully saturated rings. The Morgan fingerprint density at radius 3 is 3.00 bits per heavy atom. The Morgan fingerprint density at radius 2 is 2.28 bits per heavy atom. The number of rotatable bonds is 1. The van der Waals surface area contributed by atoms with Crippen molar-refractivity contribution in [3.63, 3.8) is 0 Å². The average Bonchev–Trinajstić information content (AvgIpc) is 2.81. The van der Waals surface area contributed by atoms with E-state index in [-0.39, 0.29) is 5.91 Å². The van der Waals surface area contributed by atoms with Crippen molar-refractivity contribution in [1.82, 2.24) is 9.97 Å². The first-order chi connectivity index (χ1) is 8.56. The quantitative estimate of drug-likeness (QED) is 0.874. The fraction of sp³-hybridized carbons (Fsp3) is 0.167. The van der Waals surface area contributed by atoms with Crippen LogP contribution >= 0.6 is 27.5 Å². The molecule has 0 saturated carbocycles. The number of amides is 1. The zero-order chi connectivity index (χ0) is 12.9. The molecule has 6 heteroatoms.